The normalized spacial score (nSPS) is 13.2. The lowest BCUT2D eigenvalue weighted by atomic mass is 10.0. The van der Waals surface area contributed by atoms with Crippen molar-refractivity contribution in [1.82, 2.24) is 30.0 Å². The number of rotatable bonds is 4. The maximum Gasteiger partial charge on any atom is 0.416 e. The molecule has 0 aliphatic carbocycles. The van der Waals surface area contributed by atoms with E-state index in [1.54, 1.807) is 6.92 Å². The lowest BCUT2D eigenvalue weighted by Gasteiger charge is -2.17. The van der Waals surface area contributed by atoms with E-state index in [-0.39, 0.29) is 17.7 Å². The molecule has 13 heteroatoms. The van der Waals surface area contributed by atoms with E-state index in [9.17, 15) is 31.1 Å². The number of hydrogen-bond donors (Lipinski definition) is 1. The Bertz CT molecular complexity index is 1060. The summed E-state index contributed by atoms with van der Waals surface area (Å²) in [4.78, 5) is 24.6. The number of nitrogens with one attached hydrogen (secondary N) is 1. The van der Waals surface area contributed by atoms with Crippen molar-refractivity contribution in [3.63, 3.8) is 0 Å². The predicted molar refractivity (Wildman–Crippen MR) is 94.0 cm³/mol. The maximum absolute atomic E-state index is 13.0. The summed E-state index contributed by atoms with van der Waals surface area (Å²) in [5, 5.41) is 6.30. The second-order valence-electron chi connectivity index (χ2n) is 6.54. The minimum absolute atomic E-state index is 0.0487. The van der Waals surface area contributed by atoms with Crippen LogP contribution in [0.15, 0.2) is 36.9 Å². The second kappa shape index (κ2) is 7.96. The summed E-state index contributed by atoms with van der Waals surface area (Å²) in [6, 6.07) is -0.268. The van der Waals surface area contributed by atoms with Gasteiger partial charge in [-0.2, -0.15) is 36.1 Å². The van der Waals surface area contributed by atoms with Crippen LogP contribution in [0, 0.1) is 6.92 Å². The van der Waals surface area contributed by atoms with Crippen LogP contribution >= 0.6 is 0 Å². The molecule has 0 aliphatic rings. The number of halogens is 6. The molecule has 2 heterocycles. The van der Waals surface area contributed by atoms with E-state index in [2.05, 4.69) is 25.4 Å². The van der Waals surface area contributed by atoms with Crippen molar-refractivity contribution in [2.24, 2.45) is 0 Å². The van der Waals surface area contributed by atoms with Crippen LogP contribution in [0.1, 0.15) is 46.0 Å². The van der Waals surface area contributed by atoms with Crippen molar-refractivity contribution >= 4 is 5.91 Å². The molecule has 3 rings (SSSR count). The smallest absolute Gasteiger partial charge is 0.342 e. The molecule has 164 valence electrons. The summed E-state index contributed by atoms with van der Waals surface area (Å²) >= 11 is 0. The number of carbonyl (C=O) groups is 1. The Kier molecular flexibility index (Phi) is 5.70. The van der Waals surface area contributed by atoms with Gasteiger partial charge < -0.3 is 5.32 Å². The Balaban J connectivity index is 1.90. The first kappa shape index (κ1) is 22.2. The third-order valence-corrected chi connectivity index (χ3v) is 4.14. The molecule has 1 aromatic carbocycles. The van der Waals surface area contributed by atoms with Gasteiger partial charge in [-0.05, 0) is 32.0 Å². The first-order valence-electron chi connectivity index (χ1n) is 8.65. The molecule has 1 atom stereocenters. The Morgan fingerprint density at radius 1 is 0.968 bits per heavy atom. The molecule has 1 N–H and O–H groups in total. The van der Waals surface area contributed by atoms with Gasteiger partial charge in [-0.1, -0.05) is 0 Å². The van der Waals surface area contributed by atoms with Crippen LogP contribution in [0.4, 0.5) is 26.3 Å². The van der Waals surface area contributed by atoms with E-state index in [0.717, 1.165) is 6.33 Å². The van der Waals surface area contributed by atoms with Crippen LogP contribution in [-0.2, 0) is 12.4 Å². The minimum Gasteiger partial charge on any atom is -0.342 e. The van der Waals surface area contributed by atoms with Crippen LogP contribution in [0.2, 0.25) is 0 Å². The van der Waals surface area contributed by atoms with Gasteiger partial charge in [-0.15, -0.1) is 0 Å². The summed E-state index contributed by atoms with van der Waals surface area (Å²) < 4.78 is 79.4. The van der Waals surface area contributed by atoms with Gasteiger partial charge in [0.05, 0.1) is 35.3 Å². The molecule has 3 aromatic rings. The lowest BCUT2D eigenvalue weighted by molar-refractivity contribution is -0.143. The highest BCUT2D eigenvalue weighted by Crippen LogP contribution is 2.36. The molecule has 0 spiro atoms. The fourth-order valence-corrected chi connectivity index (χ4v) is 2.65. The van der Waals surface area contributed by atoms with Gasteiger partial charge in [0.2, 0.25) is 0 Å². The summed E-state index contributed by atoms with van der Waals surface area (Å²) in [6.45, 7) is 3.16. The molecule has 0 unspecified atom stereocenters. The number of hydrogen-bond acceptors (Lipinski definition) is 5. The second-order valence-corrected chi connectivity index (χ2v) is 6.54. The molecule has 0 fully saturated rings. The van der Waals surface area contributed by atoms with Crippen LogP contribution in [0.25, 0.3) is 5.82 Å². The molecule has 0 aliphatic heterocycles. The fourth-order valence-electron chi connectivity index (χ4n) is 2.65. The Hall–Kier alpha value is -3.51. The molecular weight excluding hydrogens is 430 g/mol. The molecular formula is C18H14F6N6O. The molecule has 0 bridgehead atoms. The average Bonchev–Trinajstić information content (AvgIpc) is 3.16. The molecule has 7 nitrogen and oxygen atoms in total. The number of amides is 1. The van der Waals surface area contributed by atoms with E-state index in [4.69, 9.17) is 0 Å². The summed E-state index contributed by atoms with van der Waals surface area (Å²) in [7, 11) is 0. The quantitative estimate of drug-likeness (QED) is 0.617. The summed E-state index contributed by atoms with van der Waals surface area (Å²) in [6.07, 6.45) is -6.11. The number of nitrogens with zero attached hydrogens (tertiary/aromatic N) is 5. The third kappa shape index (κ3) is 4.98. The number of benzene rings is 1. The number of alkyl halides is 6. The summed E-state index contributed by atoms with van der Waals surface area (Å²) in [5.74, 6) is -0.735. The van der Waals surface area contributed by atoms with Gasteiger partial charge in [-0.3, -0.25) is 9.78 Å². The van der Waals surface area contributed by atoms with Gasteiger partial charge in [0, 0.05) is 5.56 Å². The molecule has 0 radical (unpaired) electrons. The van der Waals surface area contributed by atoms with Crippen molar-refractivity contribution in [2.75, 3.05) is 0 Å². The van der Waals surface area contributed by atoms with Crippen molar-refractivity contribution in [3.05, 3.63) is 65.1 Å². The molecule has 1 amide bonds. The van der Waals surface area contributed by atoms with Crippen LogP contribution in [-0.4, -0.2) is 30.6 Å². The lowest BCUT2D eigenvalue weighted by Crippen LogP contribution is -2.29. The highest BCUT2D eigenvalue weighted by Gasteiger charge is 2.37. The van der Waals surface area contributed by atoms with E-state index in [1.807, 2.05) is 0 Å². The van der Waals surface area contributed by atoms with Crippen molar-refractivity contribution < 1.29 is 31.1 Å². The van der Waals surface area contributed by atoms with E-state index < -0.39 is 41.0 Å². The zero-order valence-electron chi connectivity index (χ0n) is 16.0. The van der Waals surface area contributed by atoms with Crippen LogP contribution in [0.5, 0.6) is 0 Å². The topological polar surface area (TPSA) is 85.6 Å². The Morgan fingerprint density at radius 3 is 2.10 bits per heavy atom. The van der Waals surface area contributed by atoms with Gasteiger partial charge >= 0.3 is 12.4 Å². The Labute approximate surface area is 171 Å². The maximum atomic E-state index is 13.0. The van der Waals surface area contributed by atoms with E-state index in [0.29, 0.717) is 17.8 Å². The number of carbonyl (C=O) groups excluding carboxylic acids is 1. The highest BCUT2D eigenvalue weighted by molar-refractivity contribution is 5.94. The van der Waals surface area contributed by atoms with Gasteiger partial charge in [0.15, 0.2) is 11.6 Å². The zero-order chi connectivity index (χ0) is 23.0. The van der Waals surface area contributed by atoms with Crippen LogP contribution < -0.4 is 5.32 Å². The first-order chi connectivity index (χ1) is 14.4. The minimum atomic E-state index is -5.06. The largest absolute Gasteiger partial charge is 0.416 e. The molecule has 31 heavy (non-hydrogen) atoms. The highest BCUT2D eigenvalue weighted by atomic mass is 19.4. The predicted octanol–water partition coefficient (Wildman–Crippen LogP) is 3.89. The number of aryl methyl sites for hydroxylation is 1. The molecule has 0 saturated heterocycles. The van der Waals surface area contributed by atoms with Crippen LogP contribution in [0.3, 0.4) is 0 Å². The SMILES string of the molecule is Cc1cnc(-n2ncnc2[C@H](C)NC(=O)c2cc(C(F)(F)F)cc(C(F)(F)F)c2)cn1. The monoisotopic (exact) mass is 444 g/mol. The van der Waals surface area contributed by atoms with Crippen molar-refractivity contribution in [2.45, 2.75) is 32.2 Å². The van der Waals surface area contributed by atoms with Gasteiger partial charge in [-0.25, -0.2) is 9.97 Å². The summed E-state index contributed by atoms with van der Waals surface area (Å²) in [5.41, 5.74) is -3.33. The number of aromatic nitrogens is 5. The van der Waals surface area contributed by atoms with Crippen molar-refractivity contribution in [1.29, 1.82) is 0 Å². The zero-order valence-corrected chi connectivity index (χ0v) is 16.0. The van der Waals surface area contributed by atoms with E-state index >= 15 is 0 Å². The van der Waals surface area contributed by atoms with Gasteiger partial charge in [0.25, 0.3) is 5.91 Å². The Morgan fingerprint density at radius 2 is 1.58 bits per heavy atom. The molecule has 2 aromatic heterocycles. The first-order valence-corrected chi connectivity index (χ1v) is 8.65. The van der Waals surface area contributed by atoms with E-state index in [1.165, 1.54) is 24.0 Å². The molecule has 0 saturated carbocycles. The van der Waals surface area contributed by atoms with Gasteiger partial charge in [0.1, 0.15) is 6.33 Å². The third-order valence-electron chi connectivity index (χ3n) is 4.14. The van der Waals surface area contributed by atoms with Crippen molar-refractivity contribution in [3.8, 4) is 5.82 Å². The average molecular weight is 444 g/mol. The fraction of sp³-hybridized carbons (Fsp3) is 0.278. The standard InChI is InChI=1S/C18H14F6N6O/c1-9-6-26-14(7-25-9)30-15(27-8-28-30)10(2)29-16(31)11-3-12(17(19,20)21)5-13(4-11)18(22,23)24/h3-8,10H,1-2H3,(H,29,31)/t10-/m0/s1.